The van der Waals surface area contributed by atoms with Gasteiger partial charge in [0.2, 0.25) is 0 Å². The predicted octanol–water partition coefficient (Wildman–Crippen LogP) is -1.67. The van der Waals surface area contributed by atoms with E-state index in [1.165, 1.54) is 6.92 Å². The van der Waals surface area contributed by atoms with Crippen LogP contribution in [-0.4, -0.2) is 68.1 Å². The van der Waals surface area contributed by atoms with Crippen LogP contribution in [0.1, 0.15) is 20.3 Å². The van der Waals surface area contributed by atoms with E-state index in [4.69, 9.17) is 14.9 Å². The molecule has 0 bridgehead atoms. The van der Waals surface area contributed by atoms with Gasteiger partial charge in [-0.2, -0.15) is 0 Å². The van der Waals surface area contributed by atoms with Crippen molar-refractivity contribution in [1.29, 1.82) is 0 Å². The minimum atomic E-state index is -1.62. The lowest BCUT2D eigenvalue weighted by Gasteiger charge is -2.44. The van der Waals surface area contributed by atoms with Gasteiger partial charge >= 0.3 is 5.97 Å². The highest BCUT2D eigenvalue weighted by molar-refractivity contribution is 5.77. The van der Waals surface area contributed by atoms with Crippen LogP contribution in [0.2, 0.25) is 0 Å². The molecular weight excluding hydrogens is 244 g/mol. The fourth-order valence-corrected chi connectivity index (χ4v) is 2.11. The van der Waals surface area contributed by atoms with Crippen molar-refractivity contribution in [2.24, 2.45) is 5.92 Å². The summed E-state index contributed by atoms with van der Waals surface area (Å²) in [4.78, 5) is 11.1. The number of rotatable bonds is 4. The zero-order valence-electron chi connectivity index (χ0n) is 10.4. The van der Waals surface area contributed by atoms with Gasteiger partial charge in [0.25, 0.3) is 0 Å². The van der Waals surface area contributed by atoms with E-state index < -0.39 is 48.5 Å². The van der Waals surface area contributed by atoms with Gasteiger partial charge in [0, 0.05) is 12.3 Å². The van der Waals surface area contributed by atoms with Gasteiger partial charge in [-0.15, -0.1) is 0 Å². The van der Waals surface area contributed by atoms with E-state index in [9.17, 15) is 20.1 Å². The molecule has 1 heterocycles. The predicted molar refractivity (Wildman–Crippen MR) is 59.8 cm³/mol. The number of aliphatic hydroxyl groups excluding tert-OH is 4. The Bertz CT molecular complexity index is 308. The molecule has 7 heteroatoms. The second-order valence-electron chi connectivity index (χ2n) is 4.99. The number of carboxylic acid groups (broad SMARTS) is 1. The Morgan fingerprint density at radius 2 is 2.06 bits per heavy atom. The van der Waals surface area contributed by atoms with Crippen molar-refractivity contribution in [3.05, 3.63) is 0 Å². The first-order valence-corrected chi connectivity index (χ1v) is 5.79. The van der Waals surface area contributed by atoms with Gasteiger partial charge in [-0.3, -0.25) is 0 Å². The molecule has 0 spiro atoms. The average Bonchev–Trinajstić information content (AvgIpc) is 2.31. The van der Waals surface area contributed by atoms with Crippen molar-refractivity contribution in [2.45, 2.75) is 50.3 Å². The minimum absolute atomic E-state index is 0.0953. The van der Waals surface area contributed by atoms with Crippen LogP contribution in [0.25, 0.3) is 0 Å². The summed E-state index contributed by atoms with van der Waals surface area (Å²) in [5.74, 6) is -1.79. The van der Waals surface area contributed by atoms with Crippen molar-refractivity contribution < 1.29 is 35.1 Å². The second kappa shape index (κ2) is 5.50. The van der Waals surface area contributed by atoms with Gasteiger partial charge in [-0.1, -0.05) is 6.92 Å². The highest BCUT2D eigenvalue weighted by Gasteiger charge is 2.49. The number of carboxylic acids is 1. The Labute approximate surface area is 105 Å². The molecule has 1 aliphatic heterocycles. The summed E-state index contributed by atoms with van der Waals surface area (Å²) in [6, 6.07) is 0. The number of hydrogen-bond donors (Lipinski definition) is 5. The minimum Gasteiger partial charge on any atom is -0.479 e. The third-order valence-corrected chi connectivity index (χ3v) is 3.49. The van der Waals surface area contributed by atoms with Crippen LogP contribution in [0.4, 0.5) is 0 Å². The Balaban J connectivity index is 2.92. The average molecular weight is 264 g/mol. The number of hydrogen-bond acceptors (Lipinski definition) is 6. The van der Waals surface area contributed by atoms with Gasteiger partial charge in [-0.05, 0) is 6.92 Å². The van der Waals surface area contributed by atoms with E-state index in [0.29, 0.717) is 0 Å². The van der Waals surface area contributed by atoms with E-state index in [2.05, 4.69) is 0 Å². The summed E-state index contributed by atoms with van der Waals surface area (Å²) >= 11 is 0. The lowest BCUT2D eigenvalue weighted by Crippen LogP contribution is -2.59. The third kappa shape index (κ3) is 2.81. The lowest BCUT2D eigenvalue weighted by atomic mass is 9.81. The molecule has 6 atom stereocenters. The smallest absolute Gasteiger partial charge is 0.335 e. The SMILES string of the molecule is C[C@H]1C([C@H](O)C(O)CO)OC(C)(C(=O)O)C[C@H]1O. The fourth-order valence-electron chi connectivity index (χ4n) is 2.11. The first-order chi connectivity index (χ1) is 8.23. The van der Waals surface area contributed by atoms with Crippen molar-refractivity contribution in [3.8, 4) is 0 Å². The molecular formula is C11H20O7. The number of aliphatic carboxylic acids is 1. The Morgan fingerprint density at radius 3 is 2.50 bits per heavy atom. The quantitative estimate of drug-likeness (QED) is 0.411. The van der Waals surface area contributed by atoms with Gasteiger partial charge in [-0.25, -0.2) is 4.79 Å². The van der Waals surface area contributed by atoms with Crippen LogP contribution in [0.3, 0.4) is 0 Å². The molecule has 1 aliphatic rings. The highest BCUT2D eigenvalue weighted by Crippen LogP contribution is 2.35. The van der Waals surface area contributed by atoms with Gasteiger partial charge in [0.15, 0.2) is 5.60 Å². The van der Waals surface area contributed by atoms with Crippen LogP contribution in [0.5, 0.6) is 0 Å². The molecule has 1 saturated heterocycles. The van der Waals surface area contributed by atoms with E-state index in [1.807, 2.05) is 0 Å². The van der Waals surface area contributed by atoms with E-state index in [0.717, 1.165) is 0 Å². The van der Waals surface area contributed by atoms with Crippen molar-refractivity contribution in [2.75, 3.05) is 6.61 Å². The van der Waals surface area contributed by atoms with Gasteiger partial charge in [0.1, 0.15) is 12.2 Å². The number of carbonyl (C=O) groups is 1. The van der Waals surface area contributed by atoms with Crippen LogP contribution in [-0.2, 0) is 9.53 Å². The topological polar surface area (TPSA) is 127 Å². The number of ether oxygens (including phenoxy) is 1. The summed E-state index contributed by atoms with van der Waals surface area (Å²) in [5.41, 5.74) is -1.62. The van der Waals surface area contributed by atoms with Crippen molar-refractivity contribution >= 4 is 5.97 Å². The maximum Gasteiger partial charge on any atom is 0.335 e. The molecule has 3 unspecified atom stereocenters. The molecule has 106 valence electrons. The lowest BCUT2D eigenvalue weighted by molar-refractivity contribution is -0.232. The maximum absolute atomic E-state index is 11.1. The molecule has 0 aromatic carbocycles. The summed E-state index contributed by atoms with van der Waals surface area (Å²) < 4.78 is 5.32. The third-order valence-electron chi connectivity index (χ3n) is 3.49. The Kier molecular flexibility index (Phi) is 4.68. The Morgan fingerprint density at radius 1 is 1.50 bits per heavy atom. The summed E-state index contributed by atoms with van der Waals surface area (Å²) in [6.45, 7) is 2.22. The fraction of sp³-hybridized carbons (Fsp3) is 0.909. The van der Waals surface area contributed by atoms with Crippen LogP contribution >= 0.6 is 0 Å². The summed E-state index contributed by atoms with van der Waals surface area (Å²) in [5, 5.41) is 46.9. The standard InChI is InChI=1S/C11H20O7/c1-5-6(13)3-11(2,10(16)17)18-9(5)8(15)7(14)4-12/h5-9,12-15H,3-4H2,1-2H3,(H,16,17)/t5-,6-,7?,8-,9?,11?/m1/s1. The monoisotopic (exact) mass is 264 g/mol. The molecule has 5 N–H and O–H groups in total. The highest BCUT2D eigenvalue weighted by atomic mass is 16.6. The van der Waals surface area contributed by atoms with Gasteiger partial charge < -0.3 is 30.3 Å². The molecule has 1 rings (SSSR count). The largest absolute Gasteiger partial charge is 0.479 e. The van der Waals surface area contributed by atoms with E-state index in [1.54, 1.807) is 6.92 Å². The zero-order chi connectivity index (χ0) is 14.1. The van der Waals surface area contributed by atoms with Crippen LogP contribution < -0.4 is 0 Å². The van der Waals surface area contributed by atoms with Crippen molar-refractivity contribution in [3.63, 3.8) is 0 Å². The molecule has 0 aromatic heterocycles. The molecule has 0 saturated carbocycles. The molecule has 18 heavy (non-hydrogen) atoms. The van der Waals surface area contributed by atoms with Crippen molar-refractivity contribution in [1.82, 2.24) is 0 Å². The van der Waals surface area contributed by atoms with Crippen LogP contribution in [0.15, 0.2) is 0 Å². The first kappa shape index (κ1) is 15.3. The number of aliphatic hydroxyl groups is 4. The van der Waals surface area contributed by atoms with E-state index >= 15 is 0 Å². The zero-order valence-corrected chi connectivity index (χ0v) is 10.4. The molecule has 0 aliphatic carbocycles. The van der Waals surface area contributed by atoms with E-state index in [-0.39, 0.29) is 6.42 Å². The molecule has 7 nitrogen and oxygen atoms in total. The maximum atomic E-state index is 11.1. The molecule has 1 fully saturated rings. The first-order valence-electron chi connectivity index (χ1n) is 5.79. The van der Waals surface area contributed by atoms with Gasteiger partial charge in [0.05, 0.1) is 18.8 Å². The normalized spacial score (nSPS) is 40.2. The Hall–Kier alpha value is -0.730. The molecule has 0 aromatic rings. The summed E-state index contributed by atoms with van der Waals surface area (Å²) in [7, 11) is 0. The van der Waals surface area contributed by atoms with Crippen LogP contribution in [0, 0.1) is 5.92 Å². The molecule has 0 amide bonds. The summed E-state index contributed by atoms with van der Waals surface area (Å²) in [6.07, 6.45) is -5.02. The molecule has 0 radical (unpaired) electrons. The second-order valence-corrected chi connectivity index (χ2v) is 4.99.